The van der Waals surface area contributed by atoms with Crippen molar-refractivity contribution < 1.29 is 23.2 Å². The van der Waals surface area contributed by atoms with Gasteiger partial charge in [0.2, 0.25) is 11.8 Å². The van der Waals surface area contributed by atoms with E-state index in [4.69, 9.17) is 8.83 Å². The minimum absolute atomic E-state index is 0.00283. The van der Waals surface area contributed by atoms with Gasteiger partial charge in [-0.05, 0) is 49.2 Å². The molecular weight excluding hydrogens is 434 g/mol. The van der Waals surface area contributed by atoms with E-state index in [1.54, 1.807) is 35.4 Å². The summed E-state index contributed by atoms with van der Waals surface area (Å²) in [5, 5.41) is 6.17. The fourth-order valence-electron chi connectivity index (χ4n) is 4.55. The smallest absolute Gasteiger partial charge is 0.228 e. The summed E-state index contributed by atoms with van der Waals surface area (Å²) in [6.45, 7) is 0.260. The molecule has 2 amide bonds. The highest BCUT2D eigenvalue weighted by molar-refractivity contribution is 6.06. The fraction of sp³-hybridized carbons (Fsp3) is 0.269. The summed E-state index contributed by atoms with van der Waals surface area (Å²) in [5.41, 5.74) is 2.76. The van der Waals surface area contributed by atoms with Crippen LogP contribution in [0.5, 0.6) is 0 Å². The molecule has 0 saturated heterocycles. The molecule has 0 spiro atoms. The van der Waals surface area contributed by atoms with Crippen molar-refractivity contribution in [3.63, 3.8) is 0 Å². The predicted octanol–water partition coefficient (Wildman–Crippen LogP) is 4.48. The van der Waals surface area contributed by atoms with Crippen LogP contribution in [0.15, 0.2) is 81.2 Å². The Morgan fingerprint density at radius 1 is 1.00 bits per heavy atom. The maximum Gasteiger partial charge on any atom is 0.228 e. The fourth-order valence-corrected chi connectivity index (χ4v) is 4.55. The van der Waals surface area contributed by atoms with Crippen LogP contribution in [0, 0.1) is 0 Å². The highest BCUT2D eigenvalue weighted by atomic mass is 16.3. The van der Waals surface area contributed by atoms with Crippen molar-refractivity contribution in [2.75, 3.05) is 10.2 Å². The monoisotopic (exact) mass is 459 g/mol. The number of furan rings is 2. The van der Waals surface area contributed by atoms with E-state index in [9.17, 15) is 14.4 Å². The summed E-state index contributed by atoms with van der Waals surface area (Å²) >= 11 is 0. The number of rotatable bonds is 6. The number of para-hydroxylation sites is 2. The highest BCUT2D eigenvalue weighted by Crippen LogP contribution is 2.45. The normalized spacial score (nSPS) is 17.5. The van der Waals surface area contributed by atoms with E-state index in [2.05, 4.69) is 10.6 Å². The molecule has 0 bridgehead atoms. The molecule has 1 aliphatic carbocycles. The topological polar surface area (TPSA) is 105 Å². The van der Waals surface area contributed by atoms with Gasteiger partial charge in [-0.15, -0.1) is 0 Å². The molecule has 2 N–H and O–H groups in total. The average Bonchev–Trinajstić information content (AvgIpc) is 3.53. The van der Waals surface area contributed by atoms with E-state index in [1.807, 2.05) is 24.3 Å². The van der Waals surface area contributed by atoms with Crippen LogP contribution in [0.25, 0.3) is 0 Å². The minimum atomic E-state index is -0.701. The Labute approximate surface area is 196 Å². The predicted molar refractivity (Wildman–Crippen MR) is 125 cm³/mol. The molecular formula is C26H25N3O5. The Morgan fingerprint density at radius 3 is 2.62 bits per heavy atom. The van der Waals surface area contributed by atoms with Gasteiger partial charge in [0, 0.05) is 30.5 Å². The molecule has 8 heteroatoms. The van der Waals surface area contributed by atoms with Gasteiger partial charge < -0.3 is 19.5 Å². The van der Waals surface area contributed by atoms with Gasteiger partial charge in [-0.25, -0.2) is 0 Å². The lowest BCUT2D eigenvalue weighted by molar-refractivity contribution is -0.125. The first-order valence-corrected chi connectivity index (χ1v) is 11.4. The average molecular weight is 460 g/mol. The van der Waals surface area contributed by atoms with Gasteiger partial charge in [0.1, 0.15) is 17.6 Å². The highest BCUT2D eigenvalue weighted by Gasteiger charge is 2.40. The molecule has 34 heavy (non-hydrogen) atoms. The van der Waals surface area contributed by atoms with Gasteiger partial charge in [0.05, 0.1) is 30.4 Å². The number of hydrogen-bond donors (Lipinski definition) is 2. The van der Waals surface area contributed by atoms with E-state index in [1.165, 1.54) is 6.26 Å². The number of Topliss-reactive ketones (excluding diaryl/α,β-unsaturated/α-hetero) is 1. The summed E-state index contributed by atoms with van der Waals surface area (Å²) in [6.07, 6.45) is 4.96. The van der Waals surface area contributed by atoms with Gasteiger partial charge in [0.15, 0.2) is 5.78 Å². The van der Waals surface area contributed by atoms with Gasteiger partial charge >= 0.3 is 0 Å². The molecule has 0 radical (unpaired) electrons. The Kier molecular flexibility index (Phi) is 6.03. The van der Waals surface area contributed by atoms with Crippen LogP contribution in [-0.4, -0.2) is 17.6 Å². The first-order chi connectivity index (χ1) is 16.6. The molecule has 3 heterocycles. The van der Waals surface area contributed by atoms with Gasteiger partial charge in [-0.1, -0.05) is 12.1 Å². The number of anilines is 2. The number of ketones is 1. The molecule has 8 nitrogen and oxygen atoms in total. The van der Waals surface area contributed by atoms with Crippen molar-refractivity contribution in [3.05, 3.63) is 83.8 Å². The zero-order valence-electron chi connectivity index (χ0n) is 18.6. The Morgan fingerprint density at radius 2 is 1.82 bits per heavy atom. The molecule has 5 rings (SSSR count). The third kappa shape index (κ3) is 4.26. The number of benzene rings is 1. The number of allylic oxidation sites excluding steroid dienone is 1. The summed E-state index contributed by atoms with van der Waals surface area (Å²) in [6, 6.07) is 13.8. The number of nitrogens with one attached hydrogen (secondary N) is 2. The molecule has 0 saturated carbocycles. The molecule has 0 fully saturated rings. The van der Waals surface area contributed by atoms with Gasteiger partial charge in [-0.3, -0.25) is 19.3 Å². The second-order valence-electron chi connectivity index (χ2n) is 8.35. The van der Waals surface area contributed by atoms with Gasteiger partial charge in [-0.2, -0.15) is 0 Å². The standard InChI is InChI=1S/C26H25N3O5/c30-21-10-3-8-19-25(21)26(22-11-5-15-34-22)29(20-9-2-1-7-18(20)28-19)24(32)13-12-23(31)27-16-17-6-4-14-33-17/h1-2,4-7,9,11,14-15,26,28H,3,8,10,12-13,16H2,(H,27,31)/t26-/m0/s1. The molecule has 2 aliphatic rings. The lowest BCUT2D eigenvalue weighted by Crippen LogP contribution is -2.38. The summed E-state index contributed by atoms with van der Waals surface area (Å²) in [7, 11) is 0. The van der Waals surface area contributed by atoms with Crippen molar-refractivity contribution in [2.24, 2.45) is 0 Å². The molecule has 174 valence electrons. The number of fused-ring (bicyclic) bond motifs is 1. The molecule has 2 aromatic heterocycles. The number of nitrogens with zero attached hydrogens (tertiary/aromatic N) is 1. The first kappa shape index (κ1) is 21.8. The van der Waals surface area contributed by atoms with Crippen LogP contribution in [-0.2, 0) is 20.9 Å². The van der Waals surface area contributed by atoms with Crippen molar-refractivity contribution in [1.29, 1.82) is 0 Å². The van der Waals surface area contributed by atoms with Gasteiger partial charge in [0.25, 0.3) is 0 Å². The molecule has 1 atom stereocenters. The lowest BCUT2D eigenvalue weighted by Gasteiger charge is -2.32. The maximum atomic E-state index is 13.7. The number of carbonyl (C=O) groups excluding carboxylic acids is 3. The molecule has 1 aliphatic heterocycles. The molecule has 0 unspecified atom stereocenters. The van der Waals surface area contributed by atoms with E-state index >= 15 is 0 Å². The number of carbonyl (C=O) groups is 3. The second kappa shape index (κ2) is 9.43. The zero-order valence-corrected chi connectivity index (χ0v) is 18.6. The third-order valence-corrected chi connectivity index (χ3v) is 6.12. The first-order valence-electron chi connectivity index (χ1n) is 11.4. The maximum absolute atomic E-state index is 13.7. The third-order valence-electron chi connectivity index (χ3n) is 6.12. The van der Waals surface area contributed by atoms with E-state index in [-0.39, 0.29) is 37.0 Å². The van der Waals surface area contributed by atoms with Crippen LogP contribution in [0.3, 0.4) is 0 Å². The van der Waals surface area contributed by atoms with Crippen LogP contribution in [0.2, 0.25) is 0 Å². The summed E-state index contributed by atoms with van der Waals surface area (Å²) in [5.74, 6) is 0.624. The van der Waals surface area contributed by atoms with Crippen LogP contribution < -0.4 is 15.5 Å². The SMILES string of the molecule is O=C(CCC(=O)N1c2ccccc2NC2=C(C(=O)CCC2)[C@@H]1c1ccco1)NCc1ccco1. The van der Waals surface area contributed by atoms with Crippen LogP contribution >= 0.6 is 0 Å². The van der Waals surface area contributed by atoms with Crippen molar-refractivity contribution in [1.82, 2.24) is 5.32 Å². The Hall–Kier alpha value is -4.07. The molecule has 1 aromatic carbocycles. The van der Waals surface area contributed by atoms with Crippen molar-refractivity contribution in [3.8, 4) is 0 Å². The van der Waals surface area contributed by atoms with Crippen LogP contribution in [0.1, 0.15) is 49.7 Å². The van der Waals surface area contributed by atoms with E-state index in [0.29, 0.717) is 35.6 Å². The lowest BCUT2D eigenvalue weighted by atomic mass is 9.88. The van der Waals surface area contributed by atoms with Crippen molar-refractivity contribution in [2.45, 2.75) is 44.7 Å². The Bertz CT molecular complexity index is 1230. The number of amides is 2. The summed E-state index contributed by atoms with van der Waals surface area (Å²) < 4.78 is 11.0. The second-order valence-corrected chi connectivity index (χ2v) is 8.35. The van der Waals surface area contributed by atoms with Crippen LogP contribution in [0.4, 0.5) is 11.4 Å². The van der Waals surface area contributed by atoms with Crippen molar-refractivity contribution >= 4 is 29.0 Å². The van der Waals surface area contributed by atoms with E-state index < -0.39 is 6.04 Å². The molecule has 3 aromatic rings. The Balaban J connectivity index is 1.45. The van der Waals surface area contributed by atoms with E-state index in [0.717, 1.165) is 17.8 Å². The zero-order chi connectivity index (χ0) is 23.5. The largest absolute Gasteiger partial charge is 0.467 e. The quantitative estimate of drug-likeness (QED) is 0.563. The summed E-state index contributed by atoms with van der Waals surface area (Å²) in [4.78, 5) is 40.8. The minimum Gasteiger partial charge on any atom is -0.467 e. The number of hydrogen-bond acceptors (Lipinski definition) is 6.